The van der Waals surface area contributed by atoms with E-state index in [0.29, 0.717) is 22.6 Å². The van der Waals surface area contributed by atoms with Gasteiger partial charge in [-0.2, -0.15) is 0 Å². The number of anilines is 2. The van der Waals surface area contributed by atoms with Gasteiger partial charge in [-0.1, -0.05) is 6.07 Å². The molecule has 9 heteroatoms. The highest BCUT2D eigenvalue weighted by atomic mass is 19.1. The predicted octanol–water partition coefficient (Wildman–Crippen LogP) is 2.05. The summed E-state index contributed by atoms with van der Waals surface area (Å²) in [5.41, 5.74) is 8.19. The van der Waals surface area contributed by atoms with Crippen LogP contribution in [-0.2, 0) is 0 Å². The van der Waals surface area contributed by atoms with Crippen molar-refractivity contribution in [2.45, 2.75) is 12.3 Å². The molecule has 1 aliphatic heterocycles. The van der Waals surface area contributed by atoms with E-state index >= 15 is 0 Å². The molecule has 5 N–H and O–H groups in total. The van der Waals surface area contributed by atoms with Gasteiger partial charge in [-0.05, 0) is 31.2 Å². The zero-order valence-electron chi connectivity index (χ0n) is 16.8. The van der Waals surface area contributed by atoms with E-state index in [2.05, 4.69) is 20.2 Å². The standard InChI is InChI=1S/C21H27FN8/c22-5-7-27-13-15(12-23)19-11-16(17(24)14-28-19)21(25)18-3-1-4-20(29-18)30-9-2-6-26-8-10-30/h1,3-4,11-15,23,25-26H,2,5-10,24H2. The number of alkyl halides is 1. The fourth-order valence-electron chi connectivity index (χ4n) is 3.27. The number of rotatable bonds is 8. The van der Waals surface area contributed by atoms with Gasteiger partial charge in [0, 0.05) is 37.6 Å². The van der Waals surface area contributed by atoms with E-state index in [0.717, 1.165) is 38.4 Å². The predicted molar refractivity (Wildman–Crippen MR) is 119 cm³/mol. The first-order valence-corrected chi connectivity index (χ1v) is 9.98. The van der Waals surface area contributed by atoms with Crippen LogP contribution in [0.15, 0.2) is 35.5 Å². The number of aliphatic imine (C=N–C) groups is 1. The van der Waals surface area contributed by atoms with Crippen LogP contribution in [0.3, 0.4) is 0 Å². The van der Waals surface area contributed by atoms with Crippen molar-refractivity contribution in [3.8, 4) is 0 Å². The average Bonchev–Trinajstić information content (AvgIpc) is 3.07. The SMILES string of the molecule is N=CC(C=NCCF)c1cc(C(=N)c2cccc(N3CCCNCC3)n2)c(N)cn1. The lowest BCUT2D eigenvalue weighted by atomic mass is 10.0. The van der Waals surface area contributed by atoms with Gasteiger partial charge in [0.05, 0.1) is 41.4 Å². The summed E-state index contributed by atoms with van der Waals surface area (Å²) in [4.78, 5) is 15.1. The van der Waals surface area contributed by atoms with E-state index in [-0.39, 0.29) is 12.3 Å². The number of pyridine rings is 2. The molecule has 2 aromatic rings. The molecule has 0 bridgehead atoms. The van der Waals surface area contributed by atoms with E-state index in [1.54, 1.807) is 12.1 Å². The summed E-state index contributed by atoms with van der Waals surface area (Å²) in [6.07, 6.45) is 5.19. The summed E-state index contributed by atoms with van der Waals surface area (Å²) in [5.74, 6) is 0.331. The molecule has 0 aromatic carbocycles. The summed E-state index contributed by atoms with van der Waals surface area (Å²) in [7, 11) is 0. The van der Waals surface area contributed by atoms with Crippen molar-refractivity contribution in [2.24, 2.45) is 4.99 Å². The minimum absolute atomic E-state index is 0.0464. The number of hydrogen-bond acceptors (Lipinski definition) is 8. The van der Waals surface area contributed by atoms with Crippen molar-refractivity contribution < 1.29 is 4.39 Å². The van der Waals surface area contributed by atoms with Gasteiger partial charge in [0.15, 0.2) is 0 Å². The largest absolute Gasteiger partial charge is 0.397 e. The van der Waals surface area contributed by atoms with Crippen LogP contribution in [0.1, 0.15) is 29.3 Å². The lowest BCUT2D eigenvalue weighted by molar-refractivity contribution is 0.505. The molecule has 0 aliphatic carbocycles. The quantitative estimate of drug-likeness (QED) is 0.495. The molecule has 2 aromatic heterocycles. The number of nitrogens with zero attached hydrogens (tertiary/aromatic N) is 4. The molecule has 1 saturated heterocycles. The molecular weight excluding hydrogens is 383 g/mol. The molecule has 1 atom stereocenters. The van der Waals surface area contributed by atoms with Gasteiger partial charge in [0.1, 0.15) is 12.5 Å². The third-order valence-electron chi connectivity index (χ3n) is 4.88. The van der Waals surface area contributed by atoms with Crippen LogP contribution in [0.25, 0.3) is 0 Å². The third kappa shape index (κ3) is 5.24. The maximum atomic E-state index is 12.3. The molecule has 0 saturated carbocycles. The maximum Gasteiger partial charge on any atom is 0.129 e. The second-order valence-electron chi connectivity index (χ2n) is 6.98. The van der Waals surface area contributed by atoms with Crippen LogP contribution in [0.5, 0.6) is 0 Å². The first-order chi connectivity index (χ1) is 14.6. The lowest BCUT2D eigenvalue weighted by Crippen LogP contribution is -2.29. The summed E-state index contributed by atoms with van der Waals surface area (Å²) >= 11 is 0. The van der Waals surface area contributed by atoms with E-state index in [4.69, 9.17) is 21.5 Å². The molecule has 8 nitrogen and oxygen atoms in total. The Morgan fingerprint density at radius 1 is 1.37 bits per heavy atom. The fourth-order valence-corrected chi connectivity index (χ4v) is 3.27. The molecule has 3 heterocycles. The highest BCUT2D eigenvalue weighted by Gasteiger charge is 2.17. The van der Waals surface area contributed by atoms with Crippen molar-refractivity contribution in [3.63, 3.8) is 0 Å². The third-order valence-corrected chi connectivity index (χ3v) is 4.88. The number of hydrogen-bond donors (Lipinski definition) is 4. The highest BCUT2D eigenvalue weighted by Crippen LogP contribution is 2.21. The molecule has 1 fully saturated rings. The highest BCUT2D eigenvalue weighted by molar-refractivity contribution is 6.13. The zero-order chi connectivity index (χ0) is 21.3. The topological polar surface area (TPSA) is 127 Å². The summed E-state index contributed by atoms with van der Waals surface area (Å²) in [6.45, 7) is 3.17. The first-order valence-electron chi connectivity index (χ1n) is 9.98. The van der Waals surface area contributed by atoms with E-state index < -0.39 is 12.6 Å². The lowest BCUT2D eigenvalue weighted by Gasteiger charge is -2.21. The van der Waals surface area contributed by atoms with Gasteiger partial charge in [-0.15, -0.1) is 0 Å². The molecule has 158 valence electrons. The fraction of sp³-hybridized carbons (Fsp3) is 0.381. The van der Waals surface area contributed by atoms with Gasteiger partial charge in [0.25, 0.3) is 0 Å². The van der Waals surface area contributed by atoms with Crippen LogP contribution in [0.4, 0.5) is 15.9 Å². The van der Waals surface area contributed by atoms with E-state index in [1.807, 2.05) is 12.1 Å². The van der Waals surface area contributed by atoms with E-state index in [1.165, 1.54) is 18.6 Å². The first kappa shape index (κ1) is 21.5. The van der Waals surface area contributed by atoms with Crippen LogP contribution in [0, 0.1) is 10.8 Å². The molecule has 1 aliphatic rings. The van der Waals surface area contributed by atoms with Gasteiger partial charge in [-0.25, -0.2) is 9.37 Å². The van der Waals surface area contributed by atoms with Gasteiger partial charge in [-0.3, -0.25) is 15.4 Å². The number of aromatic nitrogens is 2. The Kier molecular flexibility index (Phi) is 7.56. The molecule has 0 amide bonds. The molecule has 0 spiro atoms. The van der Waals surface area contributed by atoms with Crippen LogP contribution in [-0.4, -0.2) is 67.5 Å². The van der Waals surface area contributed by atoms with E-state index in [9.17, 15) is 4.39 Å². The summed E-state index contributed by atoms with van der Waals surface area (Å²) in [6, 6.07) is 7.32. The molecular formula is C21H27FN8. The molecule has 3 rings (SSSR count). The summed E-state index contributed by atoms with van der Waals surface area (Å²) < 4.78 is 12.3. The Morgan fingerprint density at radius 2 is 2.23 bits per heavy atom. The monoisotopic (exact) mass is 410 g/mol. The second kappa shape index (κ2) is 10.5. The van der Waals surface area contributed by atoms with Crippen molar-refractivity contribution in [1.29, 1.82) is 10.8 Å². The van der Waals surface area contributed by atoms with Crippen molar-refractivity contribution >= 4 is 29.6 Å². The van der Waals surface area contributed by atoms with Crippen molar-refractivity contribution in [2.75, 3.05) is 50.0 Å². The minimum Gasteiger partial charge on any atom is -0.397 e. The normalized spacial score (nSPS) is 15.7. The molecule has 0 radical (unpaired) electrons. The van der Waals surface area contributed by atoms with Crippen LogP contribution < -0.4 is 16.0 Å². The van der Waals surface area contributed by atoms with Gasteiger partial charge in [0.2, 0.25) is 0 Å². The summed E-state index contributed by atoms with van der Waals surface area (Å²) in [5, 5.41) is 19.7. The Balaban J connectivity index is 1.87. The Morgan fingerprint density at radius 3 is 3.03 bits per heavy atom. The Labute approximate surface area is 175 Å². The van der Waals surface area contributed by atoms with Crippen molar-refractivity contribution in [1.82, 2.24) is 15.3 Å². The maximum absolute atomic E-state index is 12.3. The van der Waals surface area contributed by atoms with Gasteiger partial charge >= 0.3 is 0 Å². The Bertz CT molecular complexity index is 906. The number of nitrogen functional groups attached to an aromatic ring is 1. The number of nitrogens with two attached hydrogens (primary N) is 1. The number of halogens is 1. The average molecular weight is 411 g/mol. The van der Waals surface area contributed by atoms with Gasteiger partial charge < -0.3 is 21.4 Å². The van der Waals surface area contributed by atoms with Crippen LogP contribution in [0.2, 0.25) is 0 Å². The molecule has 30 heavy (non-hydrogen) atoms. The zero-order valence-corrected chi connectivity index (χ0v) is 16.8. The number of nitrogens with one attached hydrogen (secondary N) is 3. The smallest absolute Gasteiger partial charge is 0.129 e. The Hall–Kier alpha value is -3.20. The minimum atomic E-state index is -0.554. The van der Waals surface area contributed by atoms with Crippen LogP contribution >= 0.6 is 0 Å². The van der Waals surface area contributed by atoms with Crippen molar-refractivity contribution in [3.05, 3.63) is 47.4 Å². The second-order valence-corrected chi connectivity index (χ2v) is 6.98. The molecule has 1 unspecified atom stereocenters.